The lowest BCUT2D eigenvalue weighted by Crippen LogP contribution is -2.14. The topological polar surface area (TPSA) is 59.1 Å². The smallest absolute Gasteiger partial charge is 0.263 e. The largest absolute Gasteiger partial charge is 0.264 e. The maximum Gasteiger partial charge on any atom is 0.264 e. The summed E-state index contributed by atoms with van der Waals surface area (Å²) in [5, 5.41) is 0. The molecule has 96 valence electrons. The molecule has 7 heteroatoms. The third-order valence-electron chi connectivity index (χ3n) is 2.26. The molecule has 2 heterocycles. The molecule has 2 rings (SSSR count). The van der Waals surface area contributed by atoms with Crippen LogP contribution in [0, 0.1) is 13.8 Å². The molecule has 0 atom stereocenters. The Morgan fingerprint density at radius 3 is 2.61 bits per heavy atom. The van der Waals surface area contributed by atoms with E-state index < -0.39 is 10.0 Å². The van der Waals surface area contributed by atoms with E-state index in [0.717, 1.165) is 14.4 Å². The number of anilines is 1. The Kier molecular flexibility index (Phi) is 3.74. The normalized spacial score (nSPS) is 11.5. The number of hydrogen-bond donors (Lipinski definition) is 1. The highest BCUT2D eigenvalue weighted by molar-refractivity contribution is 9.11. The zero-order valence-electron chi connectivity index (χ0n) is 9.77. The van der Waals surface area contributed by atoms with Gasteiger partial charge in [0.05, 0.1) is 3.79 Å². The van der Waals surface area contributed by atoms with Crippen LogP contribution in [-0.2, 0) is 10.0 Å². The van der Waals surface area contributed by atoms with Gasteiger partial charge in [-0.05, 0) is 48.0 Å². The van der Waals surface area contributed by atoms with Gasteiger partial charge >= 0.3 is 0 Å². The number of aromatic nitrogens is 1. The summed E-state index contributed by atoms with van der Waals surface area (Å²) in [4.78, 5) is 5.14. The van der Waals surface area contributed by atoms with Gasteiger partial charge in [0, 0.05) is 10.6 Å². The first kappa shape index (κ1) is 13.5. The van der Waals surface area contributed by atoms with Crippen LogP contribution in [0.25, 0.3) is 0 Å². The standard InChI is InChI=1S/C11H11BrN2O2S2/c1-7-4-3-5-11(13-7)14-18(15,16)9-6-10(12)17-8(9)2/h3-6H,1-2H3,(H,13,14). The van der Waals surface area contributed by atoms with Crippen LogP contribution in [0.4, 0.5) is 5.82 Å². The maximum absolute atomic E-state index is 12.2. The highest BCUT2D eigenvalue weighted by Gasteiger charge is 2.19. The van der Waals surface area contributed by atoms with Crippen LogP contribution in [0.2, 0.25) is 0 Å². The second kappa shape index (κ2) is 4.99. The Morgan fingerprint density at radius 2 is 2.06 bits per heavy atom. The van der Waals surface area contributed by atoms with Crippen molar-refractivity contribution in [3.8, 4) is 0 Å². The fourth-order valence-corrected chi connectivity index (χ4v) is 4.91. The number of nitrogens with one attached hydrogen (secondary N) is 1. The average Bonchev–Trinajstić information content (AvgIpc) is 2.58. The van der Waals surface area contributed by atoms with Gasteiger partial charge in [-0.25, -0.2) is 13.4 Å². The van der Waals surface area contributed by atoms with Crippen molar-refractivity contribution in [1.29, 1.82) is 0 Å². The molecule has 0 fully saturated rings. The lowest BCUT2D eigenvalue weighted by molar-refractivity contribution is 0.601. The molecule has 0 amide bonds. The molecular formula is C11H11BrN2O2S2. The van der Waals surface area contributed by atoms with Crippen molar-refractivity contribution in [2.24, 2.45) is 0 Å². The summed E-state index contributed by atoms with van der Waals surface area (Å²) in [6, 6.07) is 6.79. The Morgan fingerprint density at radius 1 is 1.33 bits per heavy atom. The number of sulfonamides is 1. The van der Waals surface area contributed by atoms with E-state index in [-0.39, 0.29) is 4.90 Å². The molecular weight excluding hydrogens is 336 g/mol. The van der Waals surface area contributed by atoms with Crippen LogP contribution in [0.3, 0.4) is 0 Å². The molecule has 0 aliphatic carbocycles. The van der Waals surface area contributed by atoms with E-state index in [2.05, 4.69) is 25.6 Å². The molecule has 1 N–H and O–H groups in total. The Hall–Kier alpha value is -0.920. The quantitative estimate of drug-likeness (QED) is 0.927. The van der Waals surface area contributed by atoms with E-state index in [9.17, 15) is 8.42 Å². The van der Waals surface area contributed by atoms with Gasteiger partial charge in [-0.15, -0.1) is 11.3 Å². The second-order valence-corrected chi connectivity index (χ2v) is 8.03. The van der Waals surface area contributed by atoms with Crippen LogP contribution in [0.15, 0.2) is 32.9 Å². The predicted molar refractivity (Wildman–Crippen MR) is 76.5 cm³/mol. The third kappa shape index (κ3) is 2.90. The van der Waals surface area contributed by atoms with Crippen LogP contribution in [0.1, 0.15) is 10.6 Å². The molecule has 4 nitrogen and oxygen atoms in total. The van der Waals surface area contributed by atoms with Crippen molar-refractivity contribution in [3.05, 3.63) is 38.6 Å². The van der Waals surface area contributed by atoms with E-state index in [0.29, 0.717) is 5.82 Å². The second-order valence-electron chi connectivity index (χ2n) is 3.74. The molecule has 0 aliphatic rings. The Bertz CT molecular complexity index is 680. The molecule has 0 unspecified atom stereocenters. The van der Waals surface area contributed by atoms with E-state index >= 15 is 0 Å². The van der Waals surface area contributed by atoms with Gasteiger partial charge in [0.15, 0.2) is 0 Å². The molecule has 0 aromatic carbocycles. The monoisotopic (exact) mass is 346 g/mol. The lowest BCUT2D eigenvalue weighted by Gasteiger charge is -2.07. The first-order valence-electron chi connectivity index (χ1n) is 5.11. The number of pyridine rings is 1. The summed E-state index contributed by atoms with van der Waals surface area (Å²) in [6.45, 7) is 3.58. The highest BCUT2D eigenvalue weighted by atomic mass is 79.9. The molecule has 2 aromatic rings. The lowest BCUT2D eigenvalue weighted by atomic mass is 10.4. The van der Waals surface area contributed by atoms with Crippen molar-refractivity contribution in [2.45, 2.75) is 18.7 Å². The Balaban J connectivity index is 2.36. The zero-order chi connectivity index (χ0) is 13.3. The van der Waals surface area contributed by atoms with Gasteiger partial charge in [0.1, 0.15) is 10.7 Å². The fraction of sp³-hybridized carbons (Fsp3) is 0.182. The molecule has 0 aliphatic heterocycles. The van der Waals surface area contributed by atoms with Crippen LogP contribution < -0.4 is 4.72 Å². The summed E-state index contributed by atoms with van der Waals surface area (Å²) in [5.41, 5.74) is 0.762. The number of nitrogens with zero attached hydrogens (tertiary/aromatic N) is 1. The first-order valence-corrected chi connectivity index (χ1v) is 8.20. The summed E-state index contributed by atoms with van der Waals surface area (Å²) in [6.07, 6.45) is 0. The van der Waals surface area contributed by atoms with Gasteiger partial charge in [0.25, 0.3) is 10.0 Å². The van der Waals surface area contributed by atoms with Crippen molar-refractivity contribution < 1.29 is 8.42 Å². The van der Waals surface area contributed by atoms with Gasteiger partial charge in [-0.2, -0.15) is 0 Å². The Labute approximate surface area is 118 Å². The molecule has 0 bridgehead atoms. The molecule has 0 saturated heterocycles. The highest BCUT2D eigenvalue weighted by Crippen LogP contribution is 2.30. The zero-order valence-corrected chi connectivity index (χ0v) is 13.0. The number of aryl methyl sites for hydroxylation is 2. The SMILES string of the molecule is Cc1cccc(NS(=O)(=O)c2cc(Br)sc2C)n1. The minimum absolute atomic E-state index is 0.280. The van der Waals surface area contributed by atoms with E-state index in [4.69, 9.17) is 0 Å². The number of halogens is 1. The predicted octanol–water partition coefficient (Wildman–Crippen LogP) is 3.32. The van der Waals surface area contributed by atoms with Crippen molar-refractivity contribution in [2.75, 3.05) is 4.72 Å². The van der Waals surface area contributed by atoms with Gasteiger partial charge in [0.2, 0.25) is 0 Å². The molecule has 2 aromatic heterocycles. The average molecular weight is 347 g/mol. The molecule has 0 saturated carbocycles. The van der Waals surface area contributed by atoms with E-state index in [1.54, 1.807) is 25.1 Å². The van der Waals surface area contributed by atoms with Gasteiger partial charge in [-0.1, -0.05) is 6.07 Å². The molecule has 0 spiro atoms. The minimum Gasteiger partial charge on any atom is -0.263 e. The minimum atomic E-state index is -3.57. The van der Waals surface area contributed by atoms with Crippen LogP contribution in [-0.4, -0.2) is 13.4 Å². The summed E-state index contributed by atoms with van der Waals surface area (Å²) >= 11 is 4.67. The van der Waals surface area contributed by atoms with Gasteiger partial charge in [-0.3, -0.25) is 4.72 Å². The van der Waals surface area contributed by atoms with E-state index in [1.807, 2.05) is 13.0 Å². The summed E-state index contributed by atoms with van der Waals surface area (Å²) < 4.78 is 27.6. The van der Waals surface area contributed by atoms with Crippen molar-refractivity contribution in [1.82, 2.24) is 4.98 Å². The van der Waals surface area contributed by atoms with Crippen LogP contribution in [0.5, 0.6) is 0 Å². The summed E-state index contributed by atoms with van der Waals surface area (Å²) in [5.74, 6) is 0.330. The van der Waals surface area contributed by atoms with E-state index in [1.165, 1.54) is 11.3 Å². The van der Waals surface area contributed by atoms with Crippen molar-refractivity contribution in [3.63, 3.8) is 0 Å². The summed E-state index contributed by atoms with van der Waals surface area (Å²) in [7, 11) is -3.57. The van der Waals surface area contributed by atoms with Crippen molar-refractivity contribution >= 4 is 43.1 Å². The number of hydrogen-bond acceptors (Lipinski definition) is 4. The number of rotatable bonds is 3. The fourth-order valence-electron chi connectivity index (χ4n) is 1.49. The maximum atomic E-state index is 12.2. The van der Waals surface area contributed by atoms with Gasteiger partial charge < -0.3 is 0 Å². The molecule has 0 radical (unpaired) electrons. The third-order valence-corrected chi connectivity index (χ3v) is 5.42. The first-order chi connectivity index (χ1) is 8.38. The molecule has 18 heavy (non-hydrogen) atoms. The van der Waals surface area contributed by atoms with Crippen LogP contribution >= 0.6 is 27.3 Å². The number of thiophene rings is 1.